The molecule has 1 aliphatic heterocycles. The van der Waals surface area contributed by atoms with Crippen molar-refractivity contribution in [2.45, 2.75) is 50.7 Å². The highest BCUT2D eigenvalue weighted by atomic mass is 16.3. The van der Waals surface area contributed by atoms with Crippen molar-refractivity contribution in [1.82, 2.24) is 24.2 Å². The van der Waals surface area contributed by atoms with E-state index in [9.17, 15) is 9.90 Å². The van der Waals surface area contributed by atoms with Gasteiger partial charge in [0.25, 0.3) is 5.91 Å². The lowest BCUT2D eigenvalue weighted by Crippen LogP contribution is -2.40. The van der Waals surface area contributed by atoms with E-state index in [0.717, 1.165) is 25.7 Å². The second-order valence-corrected chi connectivity index (χ2v) is 7.59. The van der Waals surface area contributed by atoms with E-state index in [2.05, 4.69) is 10.1 Å². The molecule has 0 radical (unpaired) electrons. The summed E-state index contributed by atoms with van der Waals surface area (Å²) in [6.07, 6.45) is 11.3. The molecule has 1 aliphatic carbocycles. The van der Waals surface area contributed by atoms with Gasteiger partial charge in [0.2, 0.25) is 0 Å². The van der Waals surface area contributed by atoms with E-state index in [4.69, 9.17) is 0 Å². The standard InChI is InChI=1S/C19H27N5O2/c1-22-13-9-20-18(22)17(25)14-6-10-23(11-7-14)19(26)16-8-12-24(21-16)15-4-2-3-5-15/h8-9,12-15,17,25H,2-7,10-11H2,1H3. The third kappa shape index (κ3) is 3.28. The van der Waals surface area contributed by atoms with Crippen molar-refractivity contribution >= 4 is 5.91 Å². The minimum Gasteiger partial charge on any atom is -0.385 e. The van der Waals surface area contributed by atoms with Crippen LogP contribution in [0.2, 0.25) is 0 Å². The molecule has 3 heterocycles. The Labute approximate surface area is 153 Å². The predicted octanol–water partition coefficient (Wildman–Crippen LogP) is 2.32. The molecule has 26 heavy (non-hydrogen) atoms. The molecule has 0 spiro atoms. The number of piperidine rings is 1. The Morgan fingerprint density at radius 1 is 1.19 bits per heavy atom. The maximum atomic E-state index is 12.8. The summed E-state index contributed by atoms with van der Waals surface area (Å²) in [5.41, 5.74) is 0.542. The molecule has 2 aliphatic rings. The van der Waals surface area contributed by atoms with Crippen molar-refractivity contribution in [1.29, 1.82) is 0 Å². The highest BCUT2D eigenvalue weighted by molar-refractivity contribution is 5.92. The fraction of sp³-hybridized carbons (Fsp3) is 0.632. The van der Waals surface area contributed by atoms with Crippen LogP contribution in [0.3, 0.4) is 0 Å². The maximum Gasteiger partial charge on any atom is 0.274 e. The third-order valence-corrected chi connectivity index (χ3v) is 5.92. The van der Waals surface area contributed by atoms with Crippen molar-refractivity contribution in [3.63, 3.8) is 0 Å². The summed E-state index contributed by atoms with van der Waals surface area (Å²) in [6.45, 7) is 1.31. The van der Waals surface area contributed by atoms with E-state index in [1.165, 1.54) is 12.8 Å². The van der Waals surface area contributed by atoms with E-state index >= 15 is 0 Å². The van der Waals surface area contributed by atoms with Gasteiger partial charge in [-0.3, -0.25) is 9.48 Å². The van der Waals surface area contributed by atoms with Gasteiger partial charge in [0, 0.05) is 38.7 Å². The minimum atomic E-state index is -0.575. The molecule has 0 aromatic carbocycles. The number of amides is 1. The average molecular weight is 357 g/mol. The van der Waals surface area contributed by atoms with Gasteiger partial charge in [0.1, 0.15) is 17.6 Å². The van der Waals surface area contributed by atoms with Crippen molar-refractivity contribution in [2.75, 3.05) is 13.1 Å². The number of hydrogen-bond donors (Lipinski definition) is 1. The Bertz CT molecular complexity index is 754. The molecule has 0 bridgehead atoms. The van der Waals surface area contributed by atoms with Crippen LogP contribution in [0.1, 0.15) is 67.0 Å². The lowest BCUT2D eigenvalue weighted by atomic mass is 9.90. The van der Waals surface area contributed by atoms with E-state index in [-0.39, 0.29) is 11.8 Å². The summed E-state index contributed by atoms with van der Waals surface area (Å²) in [6, 6.07) is 2.30. The zero-order valence-electron chi connectivity index (χ0n) is 15.3. The quantitative estimate of drug-likeness (QED) is 0.911. The lowest BCUT2D eigenvalue weighted by Gasteiger charge is -2.33. The third-order valence-electron chi connectivity index (χ3n) is 5.92. The SMILES string of the molecule is Cn1ccnc1C(O)C1CCN(C(=O)c2ccn(C3CCCC3)n2)CC1. The Kier molecular flexibility index (Phi) is 4.80. The van der Waals surface area contributed by atoms with Crippen LogP contribution in [0.25, 0.3) is 0 Å². The summed E-state index contributed by atoms with van der Waals surface area (Å²) in [4.78, 5) is 18.9. The number of aryl methyl sites for hydroxylation is 1. The first-order valence-electron chi connectivity index (χ1n) is 9.63. The van der Waals surface area contributed by atoms with Crippen LogP contribution in [-0.2, 0) is 7.05 Å². The smallest absolute Gasteiger partial charge is 0.274 e. The lowest BCUT2D eigenvalue weighted by molar-refractivity contribution is 0.0416. The van der Waals surface area contributed by atoms with Gasteiger partial charge in [-0.1, -0.05) is 12.8 Å². The molecule has 4 rings (SSSR count). The number of imidazole rings is 1. The number of carbonyl (C=O) groups excluding carboxylic acids is 1. The second kappa shape index (κ2) is 7.23. The van der Waals surface area contributed by atoms with Crippen molar-refractivity contribution in [3.05, 3.63) is 36.2 Å². The number of rotatable bonds is 4. The summed E-state index contributed by atoms with van der Waals surface area (Å²) in [5, 5.41) is 15.1. The molecule has 2 aromatic rings. The normalized spacial score (nSPS) is 20.6. The summed E-state index contributed by atoms with van der Waals surface area (Å²) in [7, 11) is 1.89. The van der Waals surface area contributed by atoms with Gasteiger partial charge in [-0.2, -0.15) is 5.10 Å². The largest absolute Gasteiger partial charge is 0.385 e. The maximum absolute atomic E-state index is 12.8. The van der Waals surface area contributed by atoms with E-state index < -0.39 is 6.10 Å². The van der Waals surface area contributed by atoms with Crippen molar-refractivity contribution in [3.8, 4) is 0 Å². The Balaban J connectivity index is 1.35. The molecule has 2 fully saturated rings. The molecule has 1 amide bonds. The van der Waals surface area contributed by atoms with Crippen LogP contribution in [0.15, 0.2) is 24.7 Å². The number of aliphatic hydroxyl groups excluding tert-OH is 1. The van der Waals surface area contributed by atoms with Crippen LogP contribution < -0.4 is 0 Å². The molecule has 1 saturated heterocycles. The molecule has 1 unspecified atom stereocenters. The first-order valence-corrected chi connectivity index (χ1v) is 9.63. The number of nitrogens with zero attached hydrogens (tertiary/aromatic N) is 5. The highest BCUT2D eigenvalue weighted by Crippen LogP contribution is 2.31. The molecular formula is C19H27N5O2. The molecule has 1 saturated carbocycles. The van der Waals surface area contributed by atoms with Crippen molar-refractivity contribution in [2.24, 2.45) is 13.0 Å². The van der Waals surface area contributed by atoms with Gasteiger partial charge < -0.3 is 14.6 Å². The fourth-order valence-corrected chi connectivity index (χ4v) is 4.28. The topological polar surface area (TPSA) is 76.2 Å². The van der Waals surface area contributed by atoms with Crippen molar-refractivity contribution < 1.29 is 9.90 Å². The van der Waals surface area contributed by atoms with Gasteiger partial charge in [-0.25, -0.2) is 4.98 Å². The van der Waals surface area contributed by atoms with Crippen LogP contribution in [0.5, 0.6) is 0 Å². The van der Waals surface area contributed by atoms with Crippen LogP contribution in [0, 0.1) is 5.92 Å². The number of carbonyl (C=O) groups is 1. The van der Waals surface area contributed by atoms with Crippen LogP contribution in [0.4, 0.5) is 0 Å². The van der Waals surface area contributed by atoms with Gasteiger partial charge in [0.05, 0.1) is 6.04 Å². The number of hydrogen-bond acceptors (Lipinski definition) is 4. The average Bonchev–Trinajstić information content (AvgIpc) is 3.41. The Morgan fingerprint density at radius 3 is 2.58 bits per heavy atom. The predicted molar refractivity (Wildman–Crippen MR) is 96.5 cm³/mol. The van der Waals surface area contributed by atoms with Gasteiger partial charge in [0.15, 0.2) is 0 Å². The molecule has 7 nitrogen and oxygen atoms in total. The summed E-state index contributed by atoms with van der Waals surface area (Å²) in [5.74, 6) is 0.841. The summed E-state index contributed by atoms with van der Waals surface area (Å²) >= 11 is 0. The second-order valence-electron chi connectivity index (χ2n) is 7.59. The number of aliphatic hydroxyl groups is 1. The van der Waals surface area contributed by atoms with Gasteiger partial charge >= 0.3 is 0 Å². The molecule has 140 valence electrons. The van der Waals surface area contributed by atoms with Gasteiger partial charge in [-0.15, -0.1) is 0 Å². The first kappa shape index (κ1) is 17.3. The van der Waals surface area contributed by atoms with E-state index in [1.807, 2.05) is 39.7 Å². The number of aromatic nitrogens is 4. The Hall–Kier alpha value is -2.15. The Morgan fingerprint density at radius 2 is 1.92 bits per heavy atom. The molecule has 1 atom stereocenters. The zero-order chi connectivity index (χ0) is 18.1. The zero-order valence-corrected chi connectivity index (χ0v) is 15.3. The first-order chi connectivity index (χ1) is 12.6. The minimum absolute atomic E-state index is 0.00618. The molecular weight excluding hydrogens is 330 g/mol. The van der Waals surface area contributed by atoms with Crippen LogP contribution >= 0.6 is 0 Å². The molecule has 2 aromatic heterocycles. The number of likely N-dealkylation sites (tertiary alicyclic amines) is 1. The monoisotopic (exact) mass is 357 g/mol. The summed E-state index contributed by atoms with van der Waals surface area (Å²) < 4.78 is 3.83. The van der Waals surface area contributed by atoms with Crippen LogP contribution in [-0.4, -0.2) is 48.3 Å². The molecule has 1 N–H and O–H groups in total. The van der Waals surface area contributed by atoms with E-state index in [1.54, 1.807) is 6.20 Å². The highest BCUT2D eigenvalue weighted by Gasteiger charge is 2.31. The fourth-order valence-electron chi connectivity index (χ4n) is 4.28. The van der Waals surface area contributed by atoms with Gasteiger partial charge in [-0.05, 0) is 37.7 Å². The van der Waals surface area contributed by atoms with E-state index in [0.29, 0.717) is 30.6 Å². The molecule has 7 heteroatoms.